The molecule has 0 aliphatic carbocycles. The molecule has 0 saturated carbocycles. The summed E-state index contributed by atoms with van der Waals surface area (Å²) >= 11 is 0. The number of aryl methyl sites for hydroxylation is 1. The third kappa shape index (κ3) is 4.61. The highest BCUT2D eigenvalue weighted by molar-refractivity contribution is 5.75. The van der Waals surface area contributed by atoms with E-state index in [4.69, 9.17) is 4.74 Å². The number of nitrogens with one attached hydrogen (secondary N) is 1. The van der Waals surface area contributed by atoms with Gasteiger partial charge in [-0.3, -0.25) is 0 Å². The van der Waals surface area contributed by atoms with Crippen molar-refractivity contribution in [1.82, 2.24) is 15.1 Å². The fourth-order valence-corrected chi connectivity index (χ4v) is 2.78. The normalized spacial score (nSPS) is 16.1. The predicted octanol–water partition coefficient (Wildman–Crippen LogP) is 2.36. The summed E-state index contributed by atoms with van der Waals surface area (Å²) in [7, 11) is 4.08. The van der Waals surface area contributed by atoms with Crippen LogP contribution in [0.4, 0.5) is 4.79 Å². The van der Waals surface area contributed by atoms with Crippen molar-refractivity contribution in [2.75, 3.05) is 33.7 Å². The van der Waals surface area contributed by atoms with Gasteiger partial charge in [0.25, 0.3) is 0 Å². The minimum atomic E-state index is 0.00827. The summed E-state index contributed by atoms with van der Waals surface area (Å²) in [6, 6.07) is 8.50. The van der Waals surface area contributed by atoms with Crippen LogP contribution in [0.5, 0.6) is 5.75 Å². The molecule has 128 valence electrons. The van der Waals surface area contributed by atoms with Gasteiger partial charge in [0.05, 0.1) is 13.1 Å². The summed E-state index contributed by atoms with van der Waals surface area (Å²) in [5.41, 5.74) is 1.21. The molecule has 0 radical (unpaired) electrons. The van der Waals surface area contributed by atoms with Crippen LogP contribution in [0, 0.1) is 0 Å². The van der Waals surface area contributed by atoms with E-state index >= 15 is 0 Å². The molecule has 1 N–H and O–H groups in total. The quantitative estimate of drug-likeness (QED) is 0.839. The van der Waals surface area contributed by atoms with Crippen LogP contribution in [0.15, 0.2) is 24.3 Å². The molecule has 5 nitrogen and oxygen atoms in total. The van der Waals surface area contributed by atoms with Gasteiger partial charge in [-0.25, -0.2) is 4.79 Å². The SMILES string of the molecule is CCc1ccccc1OC1CN(C(=O)NC[C@H](CC)N(C)C)C1. The number of hydrogen-bond donors (Lipinski definition) is 1. The number of nitrogens with zero attached hydrogens (tertiary/aromatic N) is 2. The van der Waals surface area contributed by atoms with E-state index in [2.05, 4.69) is 30.1 Å². The summed E-state index contributed by atoms with van der Waals surface area (Å²) in [6.07, 6.45) is 2.08. The van der Waals surface area contributed by atoms with Crippen molar-refractivity contribution in [3.05, 3.63) is 29.8 Å². The average Bonchev–Trinajstić information content (AvgIpc) is 2.50. The Hall–Kier alpha value is -1.75. The Balaban J connectivity index is 1.75. The standard InChI is InChI=1S/C18H29N3O2/c1-5-14-9-7-8-10-17(14)23-16-12-21(13-16)18(22)19-11-15(6-2)20(3)4/h7-10,15-16H,5-6,11-13H2,1-4H3,(H,19,22)/t15-/m0/s1. The monoisotopic (exact) mass is 319 g/mol. The van der Waals surface area contributed by atoms with E-state index < -0.39 is 0 Å². The fraction of sp³-hybridized carbons (Fsp3) is 0.611. The van der Waals surface area contributed by atoms with Crippen molar-refractivity contribution >= 4 is 6.03 Å². The number of likely N-dealkylation sites (N-methyl/N-ethyl adjacent to an activating group) is 1. The molecule has 0 aromatic heterocycles. The van der Waals surface area contributed by atoms with Gasteiger partial charge in [-0.15, -0.1) is 0 Å². The molecule has 0 spiro atoms. The van der Waals surface area contributed by atoms with Gasteiger partial charge in [0.2, 0.25) is 0 Å². The van der Waals surface area contributed by atoms with Crippen molar-refractivity contribution in [3.8, 4) is 5.75 Å². The summed E-state index contributed by atoms with van der Waals surface area (Å²) in [6.45, 7) is 6.25. The smallest absolute Gasteiger partial charge is 0.317 e. The molecule has 1 aliphatic rings. The minimum Gasteiger partial charge on any atom is -0.486 e. The van der Waals surface area contributed by atoms with Crippen LogP contribution in [0.1, 0.15) is 25.8 Å². The molecule has 1 aliphatic heterocycles. The zero-order valence-corrected chi connectivity index (χ0v) is 14.7. The average molecular weight is 319 g/mol. The maximum Gasteiger partial charge on any atom is 0.317 e. The second-order valence-corrected chi connectivity index (χ2v) is 6.32. The lowest BCUT2D eigenvalue weighted by atomic mass is 10.1. The van der Waals surface area contributed by atoms with Gasteiger partial charge >= 0.3 is 6.03 Å². The predicted molar refractivity (Wildman–Crippen MR) is 93.0 cm³/mol. The third-order valence-corrected chi connectivity index (χ3v) is 4.47. The molecule has 23 heavy (non-hydrogen) atoms. The Bertz CT molecular complexity index is 513. The second kappa shape index (κ2) is 8.20. The van der Waals surface area contributed by atoms with E-state index in [0.717, 1.165) is 18.6 Å². The number of benzene rings is 1. The lowest BCUT2D eigenvalue weighted by Crippen LogP contribution is -2.59. The van der Waals surface area contributed by atoms with Crippen molar-refractivity contribution in [2.24, 2.45) is 0 Å². The number of para-hydroxylation sites is 1. The Morgan fingerprint density at radius 3 is 2.65 bits per heavy atom. The first-order valence-electron chi connectivity index (χ1n) is 8.48. The minimum absolute atomic E-state index is 0.00827. The number of likely N-dealkylation sites (tertiary alicyclic amines) is 1. The lowest BCUT2D eigenvalue weighted by molar-refractivity contribution is 0.0433. The zero-order chi connectivity index (χ0) is 16.8. The summed E-state index contributed by atoms with van der Waals surface area (Å²) in [5.74, 6) is 0.943. The van der Waals surface area contributed by atoms with Crippen LogP contribution in [0.3, 0.4) is 0 Å². The second-order valence-electron chi connectivity index (χ2n) is 6.32. The lowest BCUT2D eigenvalue weighted by Gasteiger charge is -2.39. The van der Waals surface area contributed by atoms with Crippen molar-refractivity contribution < 1.29 is 9.53 Å². The number of rotatable bonds is 7. The largest absolute Gasteiger partial charge is 0.486 e. The van der Waals surface area contributed by atoms with Gasteiger partial charge in [0.15, 0.2) is 0 Å². The Kier molecular flexibility index (Phi) is 6.28. The molecule has 1 saturated heterocycles. The van der Waals surface area contributed by atoms with E-state index in [0.29, 0.717) is 25.7 Å². The maximum absolute atomic E-state index is 12.1. The highest BCUT2D eigenvalue weighted by Crippen LogP contribution is 2.22. The number of urea groups is 1. The van der Waals surface area contributed by atoms with Crippen LogP contribution < -0.4 is 10.1 Å². The maximum atomic E-state index is 12.1. The fourth-order valence-electron chi connectivity index (χ4n) is 2.78. The molecule has 1 aromatic carbocycles. The van der Waals surface area contributed by atoms with E-state index in [-0.39, 0.29) is 12.1 Å². The first kappa shape index (κ1) is 17.6. The molecule has 5 heteroatoms. The van der Waals surface area contributed by atoms with E-state index in [9.17, 15) is 4.79 Å². The number of ether oxygens (including phenoxy) is 1. The van der Waals surface area contributed by atoms with Gasteiger partial charge in [-0.05, 0) is 38.6 Å². The molecular formula is C18H29N3O2. The van der Waals surface area contributed by atoms with E-state index in [1.54, 1.807) is 0 Å². The van der Waals surface area contributed by atoms with Crippen LogP contribution in [0.2, 0.25) is 0 Å². The molecule has 0 unspecified atom stereocenters. The van der Waals surface area contributed by atoms with Gasteiger partial charge in [-0.1, -0.05) is 32.0 Å². The first-order chi connectivity index (χ1) is 11.0. The van der Waals surface area contributed by atoms with Crippen molar-refractivity contribution in [1.29, 1.82) is 0 Å². The number of carbonyl (C=O) groups is 1. The van der Waals surface area contributed by atoms with E-state index in [1.807, 2.05) is 37.2 Å². The molecule has 1 atom stereocenters. The van der Waals surface area contributed by atoms with Gasteiger partial charge in [0, 0.05) is 12.6 Å². The number of hydrogen-bond acceptors (Lipinski definition) is 3. The molecule has 1 fully saturated rings. The van der Waals surface area contributed by atoms with Crippen LogP contribution in [-0.4, -0.2) is 61.7 Å². The highest BCUT2D eigenvalue weighted by Gasteiger charge is 2.32. The Labute approximate surface area is 139 Å². The molecular weight excluding hydrogens is 290 g/mol. The van der Waals surface area contributed by atoms with Gasteiger partial charge < -0.3 is 19.9 Å². The number of amides is 2. The van der Waals surface area contributed by atoms with Gasteiger partial charge in [-0.2, -0.15) is 0 Å². The summed E-state index contributed by atoms with van der Waals surface area (Å²) in [4.78, 5) is 16.1. The molecule has 0 bridgehead atoms. The van der Waals surface area contributed by atoms with Crippen LogP contribution in [-0.2, 0) is 6.42 Å². The van der Waals surface area contributed by atoms with Crippen LogP contribution in [0.25, 0.3) is 0 Å². The Morgan fingerprint density at radius 1 is 1.35 bits per heavy atom. The summed E-state index contributed by atoms with van der Waals surface area (Å²) < 4.78 is 6.01. The van der Waals surface area contributed by atoms with Crippen LogP contribution >= 0.6 is 0 Å². The molecule has 1 heterocycles. The van der Waals surface area contributed by atoms with Crippen molar-refractivity contribution in [2.45, 2.75) is 38.8 Å². The molecule has 1 aromatic rings. The van der Waals surface area contributed by atoms with Gasteiger partial charge in [0.1, 0.15) is 11.9 Å². The van der Waals surface area contributed by atoms with Crippen molar-refractivity contribution in [3.63, 3.8) is 0 Å². The number of carbonyl (C=O) groups excluding carboxylic acids is 1. The molecule has 2 rings (SSSR count). The highest BCUT2D eigenvalue weighted by atomic mass is 16.5. The zero-order valence-electron chi connectivity index (χ0n) is 14.7. The summed E-state index contributed by atoms with van der Waals surface area (Å²) in [5, 5.41) is 3.01. The third-order valence-electron chi connectivity index (χ3n) is 4.47. The Morgan fingerprint density at radius 2 is 2.04 bits per heavy atom. The molecule has 2 amide bonds. The first-order valence-corrected chi connectivity index (χ1v) is 8.48. The van der Waals surface area contributed by atoms with E-state index in [1.165, 1.54) is 5.56 Å². The topological polar surface area (TPSA) is 44.8 Å².